The lowest BCUT2D eigenvalue weighted by atomic mass is 9.89. The SMILES string of the molecule is COc1ccc(C(=O)N2CCn3c4c(c5cc(C)ccc53)CCC[C@@H]42)cc1. The number of benzene rings is 2. The number of carbonyl (C=O) groups is 1. The molecule has 2 aromatic carbocycles. The van der Waals surface area contributed by atoms with Gasteiger partial charge in [-0.1, -0.05) is 11.6 Å². The molecule has 0 saturated heterocycles. The molecule has 1 amide bonds. The molecule has 1 aromatic heterocycles. The van der Waals surface area contributed by atoms with Crippen molar-refractivity contribution in [2.75, 3.05) is 13.7 Å². The van der Waals surface area contributed by atoms with Crippen molar-refractivity contribution in [2.24, 2.45) is 0 Å². The zero-order chi connectivity index (χ0) is 18.5. The molecule has 5 rings (SSSR count). The maximum absolute atomic E-state index is 13.3. The highest BCUT2D eigenvalue weighted by atomic mass is 16.5. The lowest BCUT2D eigenvalue weighted by Gasteiger charge is -2.40. The molecular formula is C23H24N2O2. The molecule has 1 aliphatic heterocycles. The van der Waals surface area contributed by atoms with E-state index in [1.807, 2.05) is 24.3 Å². The molecule has 0 spiro atoms. The van der Waals surface area contributed by atoms with Crippen LogP contribution in [0.5, 0.6) is 5.75 Å². The number of rotatable bonds is 2. The fourth-order valence-electron chi connectivity index (χ4n) is 4.86. The Labute approximate surface area is 159 Å². The standard InChI is InChI=1S/C23H24N2O2/c1-15-6-11-20-19(14-15)18-4-3-5-21-22(18)24(20)12-13-25(21)23(26)16-7-9-17(27-2)10-8-16/h6-11,14,21H,3-5,12-13H2,1-2H3/t21-/m0/s1. The summed E-state index contributed by atoms with van der Waals surface area (Å²) in [5.74, 6) is 0.906. The van der Waals surface area contributed by atoms with Gasteiger partial charge in [-0.25, -0.2) is 0 Å². The number of amides is 1. The monoisotopic (exact) mass is 360 g/mol. The van der Waals surface area contributed by atoms with Crippen LogP contribution in [0.3, 0.4) is 0 Å². The minimum atomic E-state index is 0.128. The van der Waals surface area contributed by atoms with E-state index in [1.165, 1.54) is 27.7 Å². The van der Waals surface area contributed by atoms with Crippen molar-refractivity contribution in [1.29, 1.82) is 0 Å². The lowest BCUT2D eigenvalue weighted by Crippen LogP contribution is -2.43. The van der Waals surface area contributed by atoms with Gasteiger partial charge in [0, 0.05) is 35.2 Å². The topological polar surface area (TPSA) is 34.5 Å². The molecule has 0 unspecified atom stereocenters. The normalized spacial score (nSPS) is 18.4. The average molecular weight is 360 g/mol. The predicted molar refractivity (Wildman–Crippen MR) is 106 cm³/mol. The molecule has 4 heteroatoms. The van der Waals surface area contributed by atoms with Crippen molar-refractivity contribution in [3.8, 4) is 5.75 Å². The summed E-state index contributed by atoms with van der Waals surface area (Å²) in [6.07, 6.45) is 3.30. The van der Waals surface area contributed by atoms with Gasteiger partial charge in [0.25, 0.3) is 5.91 Å². The van der Waals surface area contributed by atoms with Crippen molar-refractivity contribution in [2.45, 2.75) is 38.8 Å². The molecule has 2 heterocycles. The van der Waals surface area contributed by atoms with Gasteiger partial charge in [0.2, 0.25) is 0 Å². The smallest absolute Gasteiger partial charge is 0.254 e. The maximum atomic E-state index is 13.3. The van der Waals surface area contributed by atoms with E-state index < -0.39 is 0 Å². The number of aryl methyl sites for hydroxylation is 2. The van der Waals surface area contributed by atoms with Crippen LogP contribution in [0.25, 0.3) is 10.9 Å². The fraction of sp³-hybridized carbons (Fsp3) is 0.348. The van der Waals surface area contributed by atoms with E-state index in [-0.39, 0.29) is 11.9 Å². The maximum Gasteiger partial charge on any atom is 0.254 e. The van der Waals surface area contributed by atoms with Gasteiger partial charge < -0.3 is 14.2 Å². The van der Waals surface area contributed by atoms with E-state index in [4.69, 9.17) is 4.74 Å². The number of carbonyl (C=O) groups excluding carboxylic acids is 1. The number of nitrogens with zero attached hydrogens (tertiary/aromatic N) is 2. The molecule has 1 atom stereocenters. The zero-order valence-corrected chi connectivity index (χ0v) is 15.9. The summed E-state index contributed by atoms with van der Waals surface area (Å²) in [6.45, 7) is 3.79. The van der Waals surface area contributed by atoms with E-state index in [9.17, 15) is 4.79 Å². The highest BCUT2D eigenvalue weighted by Crippen LogP contribution is 2.43. The van der Waals surface area contributed by atoms with Gasteiger partial charge in [-0.2, -0.15) is 0 Å². The minimum absolute atomic E-state index is 0.128. The number of aromatic nitrogens is 1. The molecular weight excluding hydrogens is 336 g/mol. The third kappa shape index (κ3) is 2.47. The first kappa shape index (κ1) is 16.4. The number of methoxy groups -OCH3 is 1. The summed E-state index contributed by atoms with van der Waals surface area (Å²) >= 11 is 0. The van der Waals surface area contributed by atoms with Gasteiger partial charge in [0.1, 0.15) is 5.75 Å². The summed E-state index contributed by atoms with van der Waals surface area (Å²) in [5, 5.41) is 1.38. The molecule has 0 N–H and O–H groups in total. The van der Waals surface area contributed by atoms with Crippen molar-refractivity contribution in [3.63, 3.8) is 0 Å². The Hall–Kier alpha value is -2.75. The van der Waals surface area contributed by atoms with Crippen molar-refractivity contribution in [3.05, 3.63) is 64.8 Å². The molecule has 1 aliphatic carbocycles. The Morgan fingerprint density at radius 3 is 2.70 bits per heavy atom. The van der Waals surface area contributed by atoms with E-state index in [0.29, 0.717) is 0 Å². The van der Waals surface area contributed by atoms with Gasteiger partial charge >= 0.3 is 0 Å². The molecule has 0 fully saturated rings. The second kappa shape index (κ2) is 6.15. The number of hydrogen-bond donors (Lipinski definition) is 0. The Morgan fingerprint density at radius 2 is 1.93 bits per heavy atom. The summed E-state index contributed by atoms with van der Waals surface area (Å²) in [4.78, 5) is 15.3. The fourth-order valence-corrected chi connectivity index (χ4v) is 4.86. The van der Waals surface area contributed by atoms with Gasteiger partial charge in [-0.05, 0) is 68.1 Å². The first-order valence-electron chi connectivity index (χ1n) is 9.74. The summed E-state index contributed by atoms with van der Waals surface area (Å²) in [7, 11) is 1.64. The average Bonchev–Trinajstić information content (AvgIpc) is 3.03. The van der Waals surface area contributed by atoms with Crippen LogP contribution >= 0.6 is 0 Å². The van der Waals surface area contributed by atoms with E-state index in [0.717, 1.165) is 43.7 Å². The van der Waals surface area contributed by atoms with Crippen LogP contribution in [-0.2, 0) is 13.0 Å². The van der Waals surface area contributed by atoms with E-state index in [2.05, 4.69) is 34.6 Å². The molecule has 0 radical (unpaired) electrons. The van der Waals surface area contributed by atoms with Gasteiger partial charge in [-0.15, -0.1) is 0 Å². The second-order valence-corrected chi connectivity index (χ2v) is 7.67. The second-order valence-electron chi connectivity index (χ2n) is 7.67. The third-order valence-corrected chi connectivity index (χ3v) is 6.13. The Balaban J connectivity index is 1.57. The molecule has 0 bridgehead atoms. The van der Waals surface area contributed by atoms with Crippen LogP contribution in [-0.4, -0.2) is 29.0 Å². The quantitative estimate of drug-likeness (QED) is 0.675. The van der Waals surface area contributed by atoms with Crippen molar-refractivity contribution < 1.29 is 9.53 Å². The molecule has 4 nitrogen and oxygen atoms in total. The molecule has 27 heavy (non-hydrogen) atoms. The molecule has 3 aromatic rings. The first-order chi connectivity index (χ1) is 13.2. The van der Waals surface area contributed by atoms with Crippen LogP contribution in [0, 0.1) is 6.92 Å². The molecule has 2 aliphatic rings. The van der Waals surface area contributed by atoms with Crippen molar-refractivity contribution >= 4 is 16.8 Å². The van der Waals surface area contributed by atoms with Gasteiger partial charge in [0.05, 0.1) is 13.2 Å². The van der Waals surface area contributed by atoms with Gasteiger partial charge in [-0.3, -0.25) is 4.79 Å². The largest absolute Gasteiger partial charge is 0.497 e. The predicted octanol–water partition coefficient (Wildman–Crippen LogP) is 4.49. The van der Waals surface area contributed by atoms with Crippen LogP contribution in [0.2, 0.25) is 0 Å². The van der Waals surface area contributed by atoms with Crippen LogP contribution in [0.4, 0.5) is 0 Å². The highest BCUT2D eigenvalue weighted by molar-refractivity contribution is 5.95. The Morgan fingerprint density at radius 1 is 1.11 bits per heavy atom. The third-order valence-electron chi connectivity index (χ3n) is 6.13. The Kier molecular flexibility index (Phi) is 3.74. The van der Waals surface area contributed by atoms with Crippen LogP contribution in [0.15, 0.2) is 42.5 Å². The van der Waals surface area contributed by atoms with Crippen LogP contribution < -0.4 is 4.74 Å². The summed E-state index contributed by atoms with van der Waals surface area (Å²) in [5.41, 5.74) is 6.19. The molecule has 138 valence electrons. The minimum Gasteiger partial charge on any atom is -0.497 e. The molecule has 0 saturated carbocycles. The zero-order valence-electron chi connectivity index (χ0n) is 15.9. The van der Waals surface area contributed by atoms with Crippen molar-refractivity contribution in [1.82, 2.24) is 9.47 Å². The van der Waals surface area contributed by atoms with E-state index in [1.54, 1.807) is 7.11 Å². The number of fused-ring (bicyclic) bond motifs is 3. The van der Waals surface area contributed by atoms with Gasteiger partial charge in [0.15, 0.2) is 0 Å². The van der Waals surface area contributed by atoms with E-state index >= 15 is 0 Å². The Bertz CT molecular complexity index is 1030. The number of hydrogen-bond acceptors (Lipinski definition) is 2. The lowest BCUT2D eigenvalue weighted by molar-refractivity contribution is 0.0601. The first-order valence-corrected chi connectivity index (χ1v) is 9.74. The van der Waals surface area contributed by atoms with Crippen LogP contribution in [0.1, 0.15) is 46.1 Å². The highest BCUT2D eigenvalue weighted by Gasteiger charge is 2.37. The summed E-state index contributed by atoms with van der Waals surface area (Å²) < 4.78 is 7.69. The summed E-state index contributed by atoms with van der Waals surface area (Å²) in [6, 6.07) is 14.4. The number of ether oxygens (including phenoxy) is 1.